The summed E-state index contributed by atoms with van der Waals surface area (Å²) in [6.45, 7) is 0. The van der Waals surface area contributed by atoms with Gasteiger partial charge in [0.25, 0.3) is 3.79 Å². The van der Waals surface area contributed by atoms with Crippen LogP contribution >= 0.6 is 46.3 Å². The third-order valence-electron chi connectivity index (χ3n) is 1.07. The van der Waals surface area contributed by atoms with E-state index in [1.807, 2.05) is 14.1 Å². The summed E-state index contributed by atoms with van der Waals surface area (Å²) in [7, 11) is 3.70. The second kappa shape index (κ2) is 4.61. The molecule has 78 valence electrons. The highest BCUT2D eigenvalue weighted by Gasteiger charge is 2.28. The van der Waals surface area contributed by atoms with Gasteiger partial charge in [0, 0.05) is 25.6 Å². The highest BCUT2D eigenvalue weighted by atomic mass is 35.6. The fourth-order valence-corrected chi connectivity index (χ4v) is 1.52. The van der Waals surface area contributed by atoms with Crippen LogP contribution in [0.4, 0.5) is 5.13 Å². The van der Waals surface area contributed by atoms with Crippen LogP contribution in [0.1, 0.15) is 5.82 Å². The van der Waals surface area contributed by atoms with Crippen molar-refractivity contribution in [2.75, 3.05) is 14.1 Å². The summed E-state index contributed by atoms with van der Waals surface area (Å²) in [5, 5.41) is 0.458. The van der Waals surface area contributed by atoms with E-state index in [9.17, 15) is 0 Å². The van der Waals surface area contributed by atoms with E-state index in [0.29, 0.717) is 5.13 Å². The van der Waals surface area contributed by atoms with Gasteiger partial charge in [-0.25, -0.2) is 4.99 Å². The average molecular weight is 274 g/mol. The first kappa shape index (κ1) is 12.0. The Balaban J connectivity index is 2.79. The van der Waals surface area contributed by atoms with Crippen LogP contribution in [0.3, 0.4) is 0 Å². The van der Waals surface area contributed by atoms with Gasteiger partial charge in [-0.3, -0.25) is 0 Å². The van der Waals surface area contributed by atoms with E-state index in [2.05, 4.69) is 14.3 Å². The zero-order valence-corrected chi connectivity index (χ0v) is 10.5. The molecule has 0 spiro atoms. The molecule has 0 unspecified atom stereocenters. The molecular formula is C6H7Cl3N4S. The molecule has 0 aliphatic heterocycles. The van der Waals surface area contributed by atoms with Crippen molar-refractivity contribution in [3.8, 4) is 0 Å². The minimum atomic E-state index is -1.58. The lowest BCUT2D eigenvalue weighted by Gasteiger charge is -2.02. The smallest absolute Gasteiger partial charge is 0.251 e. The third kappa shape index (κ3) is 3.57. The van der Waals surface area contributed by atoms with Crippen molar-refractivity contribution in [1.29, 1.82) is 0 Å². The van der Waals surface area contributed by atoms with Gasteiger partial charge in [-0.1, -0.05) is 34.8 Å². The van der Waals surface area contributed by atoms with Crippen LogP contribution in [0.15, 0.2) is 4.99 Å². The van der Waals surface area contributed by atoms with Crippen molar-refractivity contribution >= 4 is 57.8 Å². The fourth-order valence-electron chi connectivity index (χ4n) is 0.548. The predicted octanol–water partition coefficient (Wildman–Crippen LogP) is 2.59. The molecule has 0 fully saturated rings. The molecule has 0 radical (unpaired) electrons. The zero-order valence-electron chi connectivity index (χ0n) is 7.41. The first-order valence-corrected chi connectivity index (χ1v) is 5.42. The van der Waals surface area contributed by atoms with Gasteiger partial charge in [0.1, 0.15) is 0 Å². The van der Waals surface area contributed by atoms with E-state index in [1.165, 1.54) is 0 Å². The van der Waals surface area contributed by atoms with Gasteiger partial charge >= 0.3 is 0 Å². The van der Waals surface area contributed by atoms with Gasteiger partial charge in [0.05, 0.1) is 6.34 Å². The maximum absolute atomic E-state index is 5.58. The Labute approximate surface area is 101 Å². The second-order valence-corrected chi connectivity index (χ2v) is 5.62. The lowest BCUT2D eigenvalue weighted by Crippen LogP contribution is -2.07. The number of rotatable bonds is 2. The molecule has 0 aliphatic carbocycles. The van der Waals surface area contributed by atoms with Crippen molar-refractivity contribution in [3.05, 3.63) is 5.82 Å². The fraction of sp³-hybridized carbons (Fsp3) is 0.500. The average Bonchev–Trinajstić information content (AvgIpc) is 2.47. The first-order chi connectivity index (χ1) is 6.39. The van der Waals surface area contributed by atoms with Crippen LogP contribution in [0, 0.1) is 0 Å². The van der Waals surface area contributed by atoms with Crippen LogP contribution in [0.25, 0.3) is 0 Å². The first-order valence-electron chi connectivity index (χ1n) is 3.51. The van der Waals surface area contributed by atoms with Gasteiger partial charge in [0.2, 0.25) is 5.13 Å². The van der Waals surface area contributed by atoms with E-state index in [4.69, 9.17) is 34.8 Å². The summed E-state index contributed by atoms with van der Waals surface area (Å²) >= 11 is 17.8. The predicted molar refractivity (Wildman–Crippen MR) is 61.0 cm³/mol. The number of nitrogens with zero attached hydrogens (tertiary/aromatic N) is 4. The van der Waals surface area contributed by atoms with Crippen LogP contribution < -0.4 is 0 Å². The standard InChI is InChI=1S/C6H7Cl3N4S/c1-13(2)3-10-5-11-4(12-14-5)6(7,8)9/h3H,1-2H3. The molecule has 0 saturated heterocycles. The van der Waals surface area contributed by atoms with Crippen molar-refractivity contribution in [3.63, 3.8) is 0 Å². The van der Waals surface area contributed by atoms with Gasteiger partial charge in [-0.2, -0.15) is 9.36 Å². The van der Waals surface area contributed by atoms with Crippen molar-refractivity contribution < 1.29 is 0 Å². The van der Waals surface area contributed by atoms with Gasteiger partial charge < -0.3 is 4.90 Å². The summed E-state index contributed by atoms with van der Waals surface area (Å²) in [5.41, 5.74) is 0. The minimum Gasteiger partial charge on any atom is -0.369 e. The molecule has 0 aliphatic rings. The molecule has 1 rings (SSSR count). The topological polar surface area (TPSA) is 41.4 Å². The molecular weight excluding hydrogens is 267 g/mol. The number of aliphatic imine (C=N–C) groups is 1. The Hall–Kier alpha value is -0.100. The van der Waals surface area contributed by atoms with Crippen LogP contribution in [-0.4, -0.2) is 34.7 Å². The van der Waals surface area contributed by atoms with Crippen LogP contribution in [0.5, 0.6) is 0 Å². The Morgan fingerprint density at radius 2 is 2.07 bits per heavy atom. The molecule has 0 amide bonds. The van der Waals surface area contributed by atoms with E-state index < -0.39 is 3.79 Å². The highest BCUT2D eigenvalue weighted by Crippen LogP contribution is 2.37. The molecule has 8 heteroatoms. The van der Waals surface area contributed by atoms with Crippen LogP contribution in [0.2, 0.25) is 0 Å². The number of alkyl halides is 3. The third-order valence-corrected chi connectivity index (χ3v) is 2.20. The van der Waals surface area contributed by atoms with E-state index in [-0.39, 0.29) is 5.82 Å². The summed E-state index contributed by atoms with van der Waals surface area (Å²) in [5.74, 6) is 0.151. The monoisotopic (exact) mass is 272 g/mol. The van der Waals surface area contributed by atoms with Crippen molar-refractivity contribution in [1.82, 2.24) is 14.3 Å². The Kier molecular flexibility index (Phi) is 3.94. The van der Waals surface area contributed by atoms with Gasteiger partial charge in [-0.15, -0.1) is 0 Å². The maximum atomic E-state index is 5.58. The SMILES string of the molecule is CN(C)C=Nc1nc(C(Cl)(Cl)Cl)ns1. The largest absolute Gasteiger partial charge is 0.369 e. The quantitative estimate of drug-likeness (QED) is 0.472. The molecule has 14 heavy (non-hydrogen) atoms. The second-order valence-electron chi connectivity index (χ2n) is 2.61. The number of halogens is 3. The lowest BCUT2D eigenvalue weighted by atomic mass is 10.7. The summed E-state index contributed by atoms with van der Waals surface area (Å²) < 4.78 is 2.29. The number of hydrogen-bond acceptors (Lipinski definition) is 4. The highest BCUT2D eigenvalue weighted by molar-refractivity contribution is 7.09. The van der Waals surface area contributed by atoms with E-state index in [1.54, 1.807) is 11.2 Å². The summed E-state index contributed by atoms with van der Waals surface area (Å²) in [4.78, 5) is 9.72. The maximum Gasteiger partial charge on any atom is 0.251 e. The van der Waals surface area contributed by atoms with E-state index in [0.717, 1.165) is 11.5 Å². The van der Waals surface area contributed by atoms with Crippen molar-refractivity contribution in [2.24, 2.45) is 4.99 Å². The van der Waals surface area contributed by atoms with E-state index >= 15 is 0 Å². The lowest BCUT2D eigenvalue weighted by molar-refractivity contribution is 0.643. The zero-order chi connectivity index (χ0) is 10.8. The van der Waals surface area contributed by atoms with Crippen LogP contribution in [-0.2, 0) is 3.79 Å². The molecule has 1 heterocycles. The minimum absolute atomic E-state index is 0.151. The Morgan fingerprint density at radius 1 is 1.43 bits per heavy atom. The molecule has 0 bridgehead atoms. The normalized spacial score (nSPS) is 12.4. The molecule has 1 aromatic heterocycles. The molecule has 4 nitrogen and oxygen atoms in total. The van der Waals surface area contributed by atoms with Gasteiger partial charge in [-0.05, 0) is 0 Å². The molecule has 0 saturated carbocycles. The van der Waals surface area contributed by atoms with Crippen molar-refractivity contribution in [2.45, 2.75) is 3.79 Å². The summed E-state index contributed by atoms with van der Waals surface area (Å²) in [6, 6.07) is 0. The summed E-state index contributed by atoms with van der Waals surface area (Å²) in [6.07, 6.45) is 1.60. The van der Waals surface area contributed by atoms with Gasteiger partial charge in [0.15, 0.2) is 5.82 Å². The molecule has 1 aromatic rings. The molecule has 0 aromatic carbocycles. The number of aromatic nitrogens is 2. The Morgan fingerprint density at radius 3 is 2.50 bits per heavy atom. The molecule has 0 N–H and O–H groups in total. The molecule has 0 atom stereocenters. The Bertz CT molecular complexity index is 330. The number of hydrogen-bond donors (Lipinski definition) is 0.